The summed E-state index contributed by atoms with van der Waals surface area (Å²) in [6.07, 6.45) is 0.871. The highest BCUT2D eigenvalue weighted by atomic mass is 35.5. The molecular weight excluding hydrogens is 524 g/mol. The minimum Gasteiger partial charge on any atom is -0.495 e. The molecule has 0 radical (unpaired) electrons. The fourth-order valence-electron chi connectivity index (χ4n) is 3.47. The van der Waals surface area contributed by atoms with Crippen LogP contribution in [0.15, 0.2) is 42.5 Å². The van der Waals surface area contributed by atoms with Crippen molar-refractivity contribution in [2.24, 2.45) is 0 Å². The number of nitro benzene ring substituents is 1. The maximum atomic E-state index is 13.6. The molecule has 2 rings (SSSR count). The van der Waals surface area contributed by atoms with Gasteiger partial charge in [-0.05, 0) is 51.5 Å². The molecule has 0 aliphatic rings. The number of nitro groups is 1. The van der Waals surface area contributed by atoms with Crippen molar-refractivity contribution in [1.82, 2.24) is 10.2 Å². The molecular formula is C24H31ClN4O7S. The van der Waals surface area contributed by atoms with Crippen LogP contribution >= 0.6 is 11.6 Å². The molecule has 37 heavy (non-hydrogen) atoms. The number of carbonyl (C=O) groups excluding carboxylic acids is 2. The number of nitrogens with zero attached hydrogens (tertiary/aromatic N) is 3. The first-order valence-electron chi connectivity index (χ1n) is 11.2. The lowest BCUT2D eigenvalue weighted by Gasteiger charge is -2.33. The Kier molecular flexibility index (Phi) is 9.50. The highest BCUT2D eigenvalue weighted by Crippen LogP contribution is 2.34. The Bertz CT molecular complexity index is 1280. The summed E-state index contributed by atoms with van der Waals surface area (Å²) >= 11 is 6.10. The number of carbonyl (C=O) groups is 2. The first kappa shape index (κ1) is 29.8. The van der Waals surface area contributed by atoms with E-state index in [0.29, 0.717) is 10.6 Å². The molecule has 0 aliphatic carbocycles. The molecule has 0 spiro atoms. The van der Waals surface area contributed by atoms with Crippen LogP contribution in [0.25, 0.3) is 0 Å². The van der Waals surface area contributed by atoms with Crippen LogP contribution in [0, 0.1) is 10.1 Å². The fourth-order valence-corrected chi connectivity index (χ4v) is 4.53. The predicted molar refractivity (Wildman–Crippen MR) is 141 cm³/mol. The Hall–Kier alpha value is -3.38. The van der Waals surface area contributed by atoms with Crippen LogP contribution in [0.2, 0.25) is 5.02 Å². The van der Waals surface area contributed by atoms with Gasteiger partial charge < -0.3 is 15.0 Å². The van der Waals surface area contributed by atoms with Crippen molar-refractivity contribution >= 4 is 44.8 Å². The van der Waals surface area contributed by atoms with Gasteiger partial charge in [-0.15, -0.1) is 0 Å². The van der Waals surface area contributed by atoms with Crippen molar-refractivity contribution in [1.29, 1.82) is 0 Å². The lowest BCUT2D eigenvalue weighted by molar-refractivity contribution is -0.384. The number of anilines is 1. The molecule has 0 saturated heterocycles. The van der Waals surface area contributed by atoms with Gasteiger partial charge in [0, 0.05) is 29.2 Å². The van der Waals surface area contributed by atoms with Gasteiger partial charge in [0.2, 0.25) is 21.8 Å². The summed E-state index contributed by atoms with van der Waals surface area (Å²) in [6, 6.07) is 9.15. The molecule has 0 fully saturated rings. The van der Waals surface area contributed by atoms with Gasteiger partial charge in [0.25, 0.3) is 5.69 Å². The van der Waals surface area contributed by atoms with E-state index in [0.717, 1.165) is 22.7 Å². The zero-order valence-corrected chi connectivity index (χ0v) is 23.1. The molecule has 1 N–H and O–H groups in total. The quantitative estimate of drug-likeness (QED) is 0.351. The topological polar surface area (TPSA) is 139 Å². The van der Waals surface area contributed by atoms with Crippen LogP contribution in [0.3, 0.4) is 0 Å². The average molecular weight is 555 g/mol. The second kappa shape index (κ2) is 11.8. The molecule has 0 heterocycles. The van der Waals surface area contributed by atoms with Crippen molar-refractivity contribution in [3.05, 3.63) is 63.2 Å². The SMILES string of the molecule is COc1ccc([N+](=O)[O-])cc1N(CC(=O)N(Cc1cccc(Cl)c1)C(C)C(=O)NC(C)(C)C)S(C)(=O)=O. The molecule has 0 bridgehead atoms. The summed E-state index contributed by atoms with van der Waals surface area (Å²) in [7, 11) is -2.84. The number of hydrogen-bond acceptors (Lipinski definition) is 7. The number of amides is 2. The Morgan fingerprint density at radius 3 is 2.35 bits per heavy atom. The lowest BCUT2D eigenvalue weighted by Crippen LogP contribution is -2.54. The van der Waals surface area contributed by atoms with Gasteiger partial charge in [0.15, 0.2) is 0 Å². The normalized spacial score (nSPS) is 12.4. The van der Waals surface area contributed by atoms with E-state index in [1.54, 1.807) is 45.0 Å². The predicted octanol–water partition coefficient (Wildman–Crippen LogP) is 3.35. The van der Waals surface area contributed by atoms with Crippen molar-refractivity contribution in [2.45, 2.75) is 45.8 Å². The molecule has 1 atom stereocenters. The molecule has 11 nitrogen and oxygen atoms in total. The number of halogens is 1. The van der Waals surface area contributed by atoms with E-state index in [1.165, 1.54) is 25.0 Å². The van der Waals surface area contributed by atoms with Gasteiger partial charge in [-0.2, -0.15) is 0 Å². The van der Waals surface area contributed by atoms with Crippen molar-refractivity contribution in [3.63, 3.8) is 0 Å². The Labute approximate surface area is 221 Å². The van der Waals surface area contributed by atoms with Gasteiger partial charge in [-0.25, -0.2) is 8.42 Å². The average Bonchev–Trinajstić information content (AvgIpc) is 2.78. The van der Waals surface area contributed by atoms with Crippen LogP contribution in [-0.4, -0.2) is 61.5 Å². The summed E-state index contributed by atoms with van der Waals surface area (Å²) in [5.41, 5.74) is -0.520. The van der Waals surface area contributed by atoms with Crippen molar-refractivity contribution in [3.8, 4) is 5.75 Å². The zero-order chi connectivity index (χ0) is 28.1. The monoisotopic (exact) mass is 554 g/mol. The van der Waals surface area contributed by atoms with Crippen LogP contribution < -0.4 is 14.4 Å². The fraction of sp³-hybridized carbons (Fsp3) is 0.417. The van der Waals surface area contributed by atoms with E-state index in [4.69, 9.17) is 16.3 Å². The number of nitrogens with one attached hydrogen (secondary N) is 1. The number of methoxy groups -OCH3 is 1. The summed E-state index contributed by atoms with van der Waals surface area (Å²) in [5, 5.41) is 14.6. The third kappa shape index (κ3) is 8.32. The summed E-state index contributed by atoms with van der Waals surface area (Å²) < 4.78 is 31.5. The molecule has 0 aliphatic heterocycles. The maximum Gasteiger partial charge on any atom is 0.271 e. The molecule has 2 aromatic carbocycles. The van der Waals surface area contributed by atoms with E-state index in [2.05, 4.69) is 5.32 Å². The van der Waals surface area contributed by atoms with Crippen LogP contribution in [0.5, 0.6) is 5.75 Å². The van der Waals surface area contributed by atoms with Gasteiger partial charge in [-0.1, -0.05) is 23.7 Å². The smallest absolute Gasteiger partial charge is 0.271 e. The molecule has 0 aromatic heterocycles. The summed E-state index contributed by atoms with van der Waals surface area (Å²) in [4.78, 5) is 38.5. The highest BCUT2D eigenvalue weighted by Gasteiger charge is 2.33. The van der Waals surface area contributed by atoms with Crippen LogP contribution in [-0.2, 0) is 26.2 Å². The van der Waals surface area contributed by atoms with Crippen LogP contribution in [0.1, 0.15) is 33.3 Å². The van der Waals surface area contributed by atoms with Gasteiger partial charge in [0.05, 0.1) is 18.3 Å². The van der Waals surface area contributed by atoms with E-state index < -0.39 is 44.9 Å². The number of hydrogen-bond donors (Lipinski definition) is 1. The number of rotatable bonds is 10. The first-order chi connectivity index (χ1) is 17.0. The van der Waals surface area contributed by atoms with Gasteiger partial charge in [0.1, 0.15) is 24.0 Å². The van der Waals surface area contributed by atoms with Gasteiger partial charge in [-0.3, -0.25) is 24.0 Å². The van der Waals surface area contributed by atoms with Crippen LogP contribution in [0.4, 0.5) is 11.4 Å². The molecule has 0 saturated carbocycles. The third-order valence-corrected chi connectivity index (χ3v) is 6.59. The lowest BCUT2D eigenvalue weighted by atomic mass is 10.1. The zero-order valence-electron chi connectivity index (χ0n) is 21.5. The standard InChI is InChI=1S/C24H31ClN4O7S/c1-16(23(31)26-24(2,3)4)27(14-17-8-7-9-18(25)12-17)22(30)15-28(37(6,34)35)20-13-19(29(32)33)10-11-21(20)36-5/h7-13,16H,14-15H2,1-6H3,(H,26,31). The van der Waals surface area contributed by atoms with E-state index >= 15 is 0 Å². The first-order valence-corrected chi connectivity index (χ1v) is 13.4. The largest absolute Gasteiger partial charge is 0.495 e. The van der Waals surface area contributed by atoms with Crippen molar-refractivity contribution in [2.75, 3.05) is 24.2 Å². The van der Waals surface area contributed by atoms with E-state index in [9.17, 15) is 28.1 Å². The molecule has 1 unspecified atom stereocenters. The number of sulfonamides is 1. The molecule has 2 aromatic rings. The Morgan fingerprint density at radius 2 is 1.84 bits per heavy atom. The minimum absolute atomic E-state index is 0.0174. The summed E-state index contributed by atoms with van der Waals surface area (Å²) in [5.74, 6) is -1.14. The minimum atomic E-state index is -4.11. The maximum absolute atomic E-state index is 13.6. The molecule has 13 heteroatoms. The Morgan fingerprint density at radius 1 is 1.19 bits per heavy atom. The third-order valence-electron chi connectivity index (χ3n) is 5.23. The number of ether oxygens (including phenoxy) is 1. The van der Waals surface area contributed by atoms with Gasteiger partial charge >= 0.3 is 0 Å². The van der Waals surface area contributed by atoms with E-state index in [1.807, 2.05) is 0 Å². The number of benzene rings is 2. The highest BCUT2D eigenvalue weighted by molar-refractivity contribution is 7.92. The second-order valence-electron chi connectivity index (χ2n) is 9.45. The van der Waals surface area contributed by atoms with E-state index in [-0.39, 0.29) is 23.7 Å². The molecule has 2 amide bonds. The van der Waals surface area contributed by atoms with Crippen molar-refractivity contribution < 1.29 is 27.7 Å². The summed E-state index contributed by atoms with van der Waals surface area (Å²) in [6.45, 7) is 6.14. The Balaban J connectivity index is 2.53. The molecule has 202 valence electrons. The number of non-ortho nitro benzene ring substituents is 1. The second-order valence-corrected chi connectivity index (χ2v) is 11.8.